The van der Waals surface area contributed by atoms with Crippen LogP contribution < -0.4 is 10.1 Å². The topological polar surface area (TPSA) is 126 Å². The predicted molar refractivity (Wildman–Crippen MR) is 96.1 cm³/mol. The number of ether oxygens (including phenoxy) is 3. The zero-order chi connectivity index (χ0) is 19.6. The molecule has 0 saturated carbocycles. The van der Waals surface area contributed by atoms with Crippen LogP contribution in [0, 0.1) is 0 Å². The van der Waals surface area contributed by atoms with Crippen LogP contribution in [0.15, 0.2) is 49.1 Å². The van der Waals surface area contributed by atoms with Crippen LogP contribution in [0.1, 0.15) is 16.4 Å². The van der Waals surface area contributed by atoms with Crippen molar-refractivity contribution in [1.82, 2.24) is 35.5 Å². The summed E-state index contributed by atoms with van der Waals surface area (Å²) in [6, 6.07) is 8.95. The number of amides is 1. The summed E-state index contributed by atoms with van der Waals surface area (Å²) < 4.78 is 19.2. The molecule has 2 aliphatic rings. The minimum absolute atomic E-state index is 0.253. The van der Waals surface area contributed by atoms with Crippen LogP contribution in [0.2, 0.25) is 0 Å². The van der Waals surface area contributed by atoms with E-state index in [2.05, 4.69) is 30.8 Å². The van der Waals surface area contributed by atoms with Gasteiger partial charge in [0.25, 0.3) is 5.91 Å². The second-order valence-corrected chi connectivity index (χ2v) is 6.69. The van der Waals surface area contributed by atoms with Crippen LogP contribution in [0.25, 0.3) is 0 Å². The Labute approximate surface area is 165 Å². The summed E-state index contributed by atoms with van der Waals surface area (Å²) in [4.78, 5) is 20.1. The van der Waals surface area contributed by atoms with Crippen molar-refractivity contribution in [2.24, 2.45) is 0 Å². The van der Waals surface area contributed by atoms with Crippen LogP contribution in [0.3, 0.4) is 0 Å². The highest BCUT2D eigenvalue weighted by Gasteiger charge is 2.50. The van der Waals surface area contributed by atoms with Crippen LogP contribution in [-0.2, 0) is 9.47 Å². The van der Waals surface area contributed by atoms with Gasteiger partial charge in [0.15, 0.2) is 0 Å². The van der Waals surface area contributed by atoms with Gasteiger partial charge in [-0.3, -0.25) is 4.79 Å². The minimum atomic E-state index is -0.317. The van der Waals surface area contributed by atoms with Gasteiger partial charge in [0.05, 0.1) is 24.8 Å². The fraction of sp³-hybridized carbons (Fsp3) is 0.333. The second-order valence-electron chi connectivity index (χ2n) is 6.69. The molecule has 2 fully saturated rings. The van der Waals surface area contributed by atoms with Crippen LogP contribution >= 0.6 is 0 Å². The number of carbonyl (C=O) groups is 1. The molecule has 2 saturated heterocycles. The Morgan fingerprint density at radius 2 is 1.90 bits per heavy atom. The molecule has 29 heavy (non-hydrogen) atoms. The third kappa shape index (κ3) is 3.41. The number of hydrogen-bond donors (Lipinski definition) is 1. The predicted octanol–water partition coefficient (Wildman–Crippen LogP) is 0.393. The van der Waals surface area contributed by atoms with Crippen LogP contribution in [-0.4, -0.2) is 67.5 Å². The molecule has 2 aliphatic heterocycles. The van der Waals surface area contributed by atoms with E-state index in [1.54, 1.807) is 4.68 Å². The first kappa shape index (κ1) is 17.6. The first-order valence-corrected chi connectivity index (χ1v) is 9.09. The van der Waals surface area contributed by atoms with Gasteiger partial charge >= 0.3 is 6.01 Å². The van der Waals surface area contributed by atoms with E-state index in [9.17, 15) is 4.79 Å². The molecule has 0 radical (unpaired) electrons. The number of rotatable bonds is 5. The van der Waals surface area contributed by atoms with Crippen molar-refractivity contribution in [3.05, 3.63) is 54.6 Å². The fourth-order valence-electron chi connectivity index (χ4n) is 3.54. The Bertz CT molecular complexity index is 984. The van der Waals surface area contributed by atoms with E-state index in [4.69, 9.17) is 14.2 Å². The Hall–Kier alpha value is -3.44. The van der Waals surface area contributed by atoms with Gasteiger partial charge in [0, 0.05) is 12.4 Å². The molecule has 0 bridgehead atoms. The van der Waals surface area contributed by atoms with Gasteiger partial charge in [-0.25, -0.2) is 9.97 Å². The van der Waals surface area contributed by atoms with Crippen molar-refractivity contribution in [2.45, 2.75) is 24.3 Å². The highest BCUT2D eigenvalue weighted by atomic mass is 16.6. The van der Waals surface area contributed by atoms with E-state index in [1.807, 2.05) is 30.3 Å². The Kier molecular flexibility index (Phi) is 4.58. The normalized spacial score (nSPS) is 25.5. The summed E-state index contributed by atoms with van der Waals surface area (Å²) in [5.74, 6) is 0.351. The number of hydrogen-bond acceptors (Lipinski definition) is 9. The third-order valence-electron chi connectivity index (χ3n) is 4.90. The minimum Gasteiger partial charge on any atom is -0.423 e. The number of carbonyl (C=O) groups excluding carboxylic acids is 1. The van der Waals surface area contributed by atoms with E-state index in [0.29, 0.717) is 24.5 Å². The largest absolute Gasteiger partial charge is 0.423 e. The summed E-state index contributed by atoms with van der Waals surface area (Å²) >= 11 is 0. The second kappa shape index (κ2) is 7.53. The highest BCUT2D eigenvalue weighted by molar-refractivity contribution is 5.93. The molecule has 4 unspecified atom stereocenters. The number of nitrogens with zero attached hydrogens (tertiary/aromatic N) is 6. The summed E-state index contributed by atoms with van der Waals surface area (Å²) in [6.07, 6.45) is 3.67. The standard InChI is InChI=1S/C18H17N7O4/c26-17(11-6-19-10-20-7-11)21-13-8-27-16-14(9-28-15(13)16)25-18(22-23-24-25)29-12-4-2-1-3-5-12/h1-7,10,13-16H,8-9H2,(H,21,26). The van der Waals surface area contributed by atoms with Gasteiger partial charge < -0.3 is 19.5 Å². The summed E-state index contributed by atoms with van der Waals surface area (Å²) in [5, 5.41) is 14.7. The molecular formula is C18H17N7O4. The Balaban J connectivity index is 1.29. The monoisotopic (exact) mass is 395 g/mol. The van der Waals surface area contributed by atoms with Gasteiger partial charge in [-0.05, 0) is 22.6 Å². The lowest BCUT2D eigenvalue weighted by Crippen LogP contribution is -2.44. The maximum atomic E-state index is 12.4. The number of nitrogens with one attached hydrogen (secondary N) is 1. The van der Waals surface area contributed by atoms with Gasteiger partial charge in [0.1, 0.15) is 30.3 Å². The maximum absolute atomic E-state index is 12.4. The lowest BCUT2D eigenvalue weighted by molar-refractivity contribution is 0.0606. The lowest BCUT2D eigenvalue weighted by Gasteiger charge is -2.18. The average Bonchev–Trinajstić information content (AvgIpc) is 3.47. The van der Waals surface area contributed by atoms with Crippen LogP contribution in [0.5, 0.6) is 11.8 Å². The van der Waals surface area contributed by atoms with Crippen molar-refractivity contribution in [3.63, 3.8) is 0 Å². The van der Waals surface area contributed by atoms with Gasteiger partial charge in [-0.2, -0.15) is 4.68 Å². The molecule has 1 N–H and O–H groups in total. The quantitative estimate of drug-likeness (QED) is 0.653. The zero-order valence-corrected chi connectivity index (χ0v) is 15.2. The first-order chi connectivity index (χ1) is 14.3. The molecule has 0 spiro atoms. The smallest absolute Gasteiger partial charge is 0.341 e. The number of tetrazole rings is 1. The molecule has 3 aromatic rings. The number of aromatic nitrogens is 6. The average molecular weight is 395 g/mol. The third-order valence-corrected chi connectivity index (χ3v) is 4.90. The first-order valence-electron chi connectivity index (χ1n) is 9.09. The van der Waals surface area contributed by atoms with E-state index in [0.717, 1.165) is 0 Å². The van der Waals surface area contributed by atoms with E-state index in [1.165, 1.54) is 18.7 Å². The summed E-state index contributed by atoms with van der Waals surface area (Å²) in [7, 11) is 0. The van der Waals surface area contributed by atoms with Gasteiger partial charge in [-0.15, -0.1) is 0 Å². The van der Waals surface area contributed by atoms with E-state index >= 15 is 0 Å². The van der Waals surface area contributed by atoms with Gasteiger partial charge in [0.2, 0.25) is 0 Å². The van der Waals surface area contributed by atoms with Gasteiger partial charge in [-0.1, -0.05) is 23.3 Å². The molecule has 4 atom stereocenters. The fourth-order valence-corrected chi connectivity index (χ4v) is 3.54. The van der Waals surface area contributed by atoms with Crippen molar-refractivity contribution in [3.8, 4) is 11.8 Å². The molecule has 5 rings (SSSR count). The molecule has 11 nitrogen and oxygen atoms in total. The van der Waals surface area contributed by atoms with E-state index < -0.39 is 0 Å². The Morgan fingerprint density at radius 3 is 2.72 bits per heavy atom. The molecule has 11 heteroatoms. The Morgan fingerprint density at radius 1 is 1.10 bits per heavy atom. The molecule has 4 heterocycles. The van der Waals surface area contributed by atoms with Crippen molar-refractivity contribution >= 4 is 5.91 Å². The van der Waals surface area contributed by atoms with Crippen molar-refractivity contribution in [1.29, 1.82) is 0 Å². The van der Waals surface area contributed by atoms with Crippen LogP contribution in [0.4, 0.5) is 0 Å². The molecule has 0 aliphatic carbocycles. The molecule has 1 amide bonds. The molecule has 2 aromatic heterocycles. The molecule has 148 valence electrons. The lowest BCUT2D eigenvalue weighted by atomic mass is 10.1. The van der Waals surface area contributed by atoms with Crippen molar-refractivity contribution < 1.29 is 19.0 Å². The maximum Gasteiger partial charge on any atom is 0.341 e. The molecular weight excluding hydrogens is 378 g/mol. The number of benzene rings is 1. The number of fused-ring (bicyclic) bond motifs is 1. The van der Waals surface area contributed by atoms with Crippen molar-refractivity contribution in [2.75, 3.05) is 13.2 Å². The molecule has 1 aromatic carbocycles. The summed E-state index contributed by atoms with van der Waals surface area (Å²) in [5.41, 5.74) is 0.379. The summed E-state index contributed by atoms with van der Waals surface area (Å²) in [6.45, 7) is 0.661. The number of para-hydroxylation sites is 1. The highest BCUT2D eigenvalue weighted by Crippen LogP contribution is 2.36. The zero-order valence-electron chi connectivity index (χ0n) is 15.2. The van der Waals surface area contributed by atoms with E-state index in [-0.39, 0.29) is 36.2 Å². The SMILES string of the molecule is O=C(NC1COC2C1OCC2n1nnnc1Oc1ccccc1)c1cncnc1.